The van der Waals surface area contributed by atoms with E-state index < -0.39 is 0 Å². The number of hydrogen-bond donors (Lipinski definition) is 1. The van der Waals surface area contributed by atoms with Crippen LogP contribution < -0.4 is 10.5 Å². The number of benzene rings is 2. The van der Waals surface area contributed by atoms with Gasteiger partial charge in [-0.3, -0.25) is 0 Å². The zero-order valence-electron chi connectivity index (χ0n) is 11.8. The summed E-state index contributed by atoms with van der Waals surface area (Å²) in [5, 5.41) is 8.89. The van der Waals surface area contributed by atoms with E-state index in [4.69, 9.17) is 15.7 Å². The molecule has 0 saturated carbocycles. The Morgan fingerprint density at radius 3 is 2.75 bits per heavy atom. The van der Waals surface area contributed by atoms with Crippen LogP contribution in [0.3, 0.4) is 0 Å². The normalized spacial score (nSPS) is 11.7. The van der Waals surface area contributed by atoms with Crippen molar-refractivity contribution in [1.29, 1.82) is 5.26 Å². The maximum atomic E-state index is 8.89. The molecule has 0 aromatic heterocycles. The van der Waals surface area contributed by atoms with Crippen molar-refractivity contribution in [3.05, 3.63) is 64.7 Å². The molecule has 3 nitrogen and oxygen atoms in total. The molecule has 0 saturated heterocycles. The summed E-state index contributed by atoms with van der Waals surface area (Å²) >= 11 is 0. The Kier molecular flexibility index (Phi) is 4.39. The molecule has 2 aromatic rings. The number of ether oxygens (including phenoxy) is 1. The maximum Gasteiger partial charge on any atom is 0.124 e. The molecule has 0 radical (unpaired) electrons. The molecule has 102 valence electrons. The van der Waals surface area contributed by atoms with Gasteiger partial charge in [-0.05, 0) is 37.6 Å². The van der Waals surface area contributed by atoms with Crippen LogP contribution in [-0.2, 0) is 6.61 Å². The van der Waals surface area contributed by atoms with E-state index in [1.165, 1.54) is 0 Å². The minimum absolute atomic E-state index is 0.0738. The highest BCUT2D eigenvalue weighted by molar-refractivity contribution is 5.39. The Balaban J connectivity index is 2.16. The topological polar surface area (TPSA) is 59.0 Å². The highest BCUT2D eigenvalue weighted by Gasteiger charge is 2.08. The molecule has 2 aromatic carbocycles. The molecule has 0 bridgehead atoms. The van der Waals surface area contributed by atoms with Gasteiger partial charge in [0.15, 0.2) is 0 Å². The van der Waals surface area contributed by atoms with Crippen molar-refractivity contribution < 1.29 is 4.74 Å². The number of hydrogen-bond acceptors (Lipinski definition) is 3. The molecule has 0 fully saturated rings. The van der Waals surface area contributed by atoms with Crippen LogP contribution in [0.5, 0.6) is 5.75 Å². The summed E-state index contributed by atoms with van der Waals surface area (Å²) in [5.41, 5.74) is 9.75. The second kappa shape index (κ2) is 6.23. The summed E-state index contributed by atoms with van der Waals surface area (Å²) < 4.78 is 5.85. The Morgan fingerprint density at radius 2 is 2.05 bits per heavy atom. The fourth-order valence-electron chi connectivity index (χ4n) is 2.05. The molecule has 20 heavy (non-hydrogen) atoms. The molecule has 0 amide bonds. The third-order valence-corrected chi connectivity index (χ3v) is 3.11. The van der Waals surface area contributed by atoms with Crippen LogP contribution in [0, 0.1) is 18.3 Å². The van der Waals surface area contributed by atoms with Gasteiger partial charge < -0.3 is 10.5 Å². The van der Waals surface area contributed by atoms with Crippen molar-refractivity contribution in [2.45, 2.75) is 26.5 Å². The van der Waals surface area contributed by atoms with Crippen LogP contribution in [0.2, 0.25) is 0 Å². The van der Waals surface area contributed by atoms with Gasteiger partial charge in [0.05, 0.1) is 11.6 Å². The zero-order valence-corrected chi connectivity index (χ0v) is 11.8. The van der Waals surface area contributed by atoms with E-state index in [1.807, 2.05) is 50.2 Å². The van der Waals surface area contributed by atoms with E-state index in [1.54, 1.807) is 6.07 Å². The summed E-state index contributed by atoms with van der Waals surface area (Å²) in [6.07, 6.45) is 0. The number of rotatable bonds is 4. The fraction of sp³-hybridized carbons (Fsp3) is 0.235. The average molecular weight is 266 g/mol. The molecular formula is C17H18N2O. The van der Waals surface area contributed by atoms with Crippen molar-refractivity contribution in [3.63, 3.8) is 0 Å². The van der Waals surface area contributed by atoms with E-state index in [0.717, 1.165) is 22.4 Å². The molecule has 1 atom stereocenters. The van der Waals surface area contributed by atoms with Crippen LogP contribution >= 0.6 is 0 Å². The molecule has 2 N–H and O–H groups in total. The molecule has 0 aliphatic carbocycles. The molecular weight excluding hydrogens is 248 g/mol. The van der Waals surface area contributed by atoms with Gasteiger partial charge in [-0.1, -0.05) is 29.8 Å². The molecule has 0 unspecified atom stereocenters. The highest BCUT2D eigenvalue weighted by atomic mass is 16.5. The van der Waals surface area contributed by atoms with E-state index in [0.29, 0.717) is 12.2 Å². The third-order valence-electron chi connectivity index (χ3n) is 3.11. The summed E-state index contributed by atoms with van der Waals surface area (Å²) in [7, 11) is 0. The lowest BCUT2D eigenvalue weighted by atomic mass is 10.1. The van der Waals surface area contributed by atoms with E-state index in [2.05, 4.69) is 6.07 Å². The second-order valence-corrected chi connectivity index (χ2v) is 4.93. The van der Waals surface area contributed by atoms with Gasteiger partial charge in [-0.2, -0.15) is 5.26 Å². The van der Waals surface area contributed by atoms with Gasteiger partial charge in [-0.25, -0.2) is 0 Å². The Labute approximate surface area is 119 Å². The van der Waals surface area contributed by atoms with Gasteiger partial charge in [0, 0.05) is 11.6 Å². The van der Waals surface area contributed by atoms with Crippen LogP contribution in [0.1, 0.15) is 35.2 Å². The highest BCUT2D eigenvalue weighted by Crippen LogP contribution is 2.25. The van der Waals surface area contributed by atoms with Crippen molar-refractivity contribution in [3.8, 4) is 11.8 Å². The second-order valence-electron chi connectivity index (χ2n) is 4.93. The standard InChI is InChI=1S/C17H18N2O/c1-12-6-7-17(16(8-12)13(2)19)20-11-15-5-3-4-14(9-15)10-18/h3-9,13H,11,19H2,1-2H3/t13-/m1/s1. The van der Waals surface area contributed by atoms with Crippen LogP contribution in [0.25, 0.3) is 0 Å². The Morgan fingerprint density at radius 1 is 1.25 bits per heavy atom. The van der Waals surface area contributed by atoms with E-state index in [9.17, 15) is 0 Å². The smallest absolute Gasteiger partial charge is 0.124 e. The lowest BCUT2D eigenvalue weighted by Crippen LogP contribution is -2.08. The maximum absolute atomic E-state index is 8.89. The Hall–Kier alpha value is -2.31. The monoisotopic (exact) mass is 266 g/mol. The van der Waals surface area contributed by atoms with Crippen molar-refractivity contribution in [1.82, 2.24) is 0 Å². The fourth-order valence-corrected chi connectivity index (χ4v) is 2.05. The van der Waals surface area contributed by atoms with Crippen molar-refractivity contribution >= 4 is 0 Å². The van der Waals surface area contributed by atoms with Gasteiger partial charge in [0.2, 0.25) is 0 Å². The van der Waals surface area contributed by atoms with E-state index in [-0.39, 0.29) is 6.04 Å². The van der Waals surface area contributed by atoms with Gasteiger partial charge >= 0.3 is 0 Å². The first-order valence-corrected chi connectivity index (χ1v) is 6.58. The van der Waals surface area contributed by atoms with Crippen LogP contribution in [-0.4, -0.2) is 0 Å². The Bertz CT molecular complexity index is 642. The van der Waals surface area contributed by atoms with Gasteiger partial charge in [0.25, 0.3) is 0 Å². The number of nitrogens with zero attached hydrogens (tertiary/aromatic N) is 1. The largest absolute Gasteiger partial charge is 0.489 e. The molecule has 3 heteroatoms. The molecule has 0 aliphatic heterocycles. The lowest BCUT2D eigenvalue weighted by Gasteiger charge is -2.15. The first-order valence-electron chi connectivity index (χ1n) is 6.58. The quantitative estimate of drug-likeness (QED) is 0.921. The summed E-state index contributed by atoms with van der Waals surface area (Å²) in [5.74, 6) is 0.799. The summed E-state index contributed by atoms with van der Waals surface area (Å²) in [6.45, 7) is 4.41. The molecule has 0 spiro atoms. The minimum Gasteiger partial charge on any atom is -0.489 e. The van der Waals surface area contributed by atoms with Gasteiger partial charge in [0.1, 0.15) is 12.4 Å². The number of nitrogens with two attached hydrogens (primary N) is 1. The molecule has 0 heterocycles. The van der Waals surface area contributed by atoms with Gasteiger partial charge in [-0.15, -0.1) is 0 Å². The summed E-state index contributed by atoms with van der Waals surface area (Å²) in [6, 6.07) is 15.5. The first kappa shape index (κ1) is 14.1. The SMILES string of the molecule is Cc1ccc(OCc2cccc(C#N)c2)c([C@@H](C)N)c1. The van der Waals surface area contributed by atoms with Crippen LogP contribution in [0.15, 0.2) is 42.5 Å². The predicted molar refractivity (Wildman–Crippen MR) is 79.3 cm³/mol. The van der Waals surface area contributed by atoms with Crippen LogP contribution in [0.4, 0.5) is 0 Å². The number of aryl methyl sites for hydroxylation is 1. The molecule has 2 rings (SSSR count). The van der Waals surface area contributed by atoms with Crippen molar-refractivity contribution in [2.24, 2.45) is 5.73 Å². The summed E-state index contributed by atoms with van der Waals surface area (Å²) in [4.78, 5) is 0. The zero-order chi connectivity index (χ0) is 14.5. The third kappa shape index (κ3) is 3.37. The van der Waals surface area contributed by atoms with Crippen molar-refractivity contribution in [2.75, 3.05) is 0 Å². The lowest BCUT2D eigenvalue weighted by molar-refractivity contribution is 0.301. The predicted octanol–water partition coefficient (Wildman–Crippen LogP) is 3.47. The van der Waals surface area contributed by atoms with E-state index >= 15 is 0 Å². The molecule has 0 aliphatic rings. The first-order chi connectivity index (χ1) is 9.60. The average Bonchev–Trinajstić information content (AvgIpc) is 2.46. The minimum atomic E-state index is -0.0738. The number of nitriles is 1.